The number of fused-ring (bicyclic) bond motifs is 2. The molecule has 0 aliphatic carbocycles. The molecular weight excluding hydrogens is 402 g/mol. The van der Waals surface area contributed by atoms with Crippen molar-refractivity contribution in [1.29, 1.82) is 0 Å². The number of aryl methyl sites for hydroxylation is 2. The highest BCUT2D eigenvalue weighted by molar-refractivity contribution is 7.91. The van der Waals surface area contributed by atoms with Crippen molar-refractivity contribution < 1.29 is 17.9 Å². The zero-order chi connectivity index (χ0) is 21.3. The van der Waals surface area contributed by atoms with Gasteiger partial charge in [0.2, 0.25) is 0 Å². The van der Waals surface area contributed by atoms with Crippen LogP contribution in [0.2, 0.25) is 0 Å². The number of hydrogen-bond acceptors (Lipinski definition) is 6. The van der Waals surface area contributed by atoms with Gasteiger partial charge in [-0.05, 0) is 70.2 Å². The van der Waals surface area contributed by atoms with Crippen LogP contribution in [0.15, 0.2) is 29.2 Å². The summed E-state index contributed by atoms with van der Waals surface area (Å²) in [5.74, 6) is 1.75. The zero-order valence-corrected chi connectivity index (χ0v) is 18.7. The lowest BCUT2D eigenvalue weighted by atomic mass is 10.0. The first kappa shape index (κ1) is 21.2. The lowest BCUT2D eigenvalue weighted by Gasteiger charge is -2.38. The second-order valence-electron chi connectivity index (χ2n) is 8.44. The predicted molar refractivity (Wildman–Crippen MR) is 115 cm³/mol. The fourth-order valence-corrected chi connectivity index (χ4v) is 6.77. The number of rotatable bonds is 8. The molecule has 2 bridgehead atoms. The first-order valence-corrected chi connectivity index (χ1v) is 12.4. The quantitative estimate of drug-likeness (QED) is 0.684. The number of aromatic nitrogens is 2. The molecule has 3 heterocycles. The van der Waals surface area contributed by atoms with Gasteiger partial charge in [0.15, 0.2) is 9.84 Å². The molecule has 8 heteroatoms. The molecule has 164 valence electrons. The van der Waals surface area contributed by atoms with Gasteiger partial charge >= 0.3 is 0 Å². The SMILES string of the molecule is CCCOc1ccc(OC2CC3CC[C@H](C2)N3CS(=O)(=O)c2c(C)n[nH]c2C)cc1. The maximum atomic E-state index is 13.1. The lowest BCUT2D eigenvalue weighted by Crippen LogP contribution is -2.48. The van der Waals surface area contributed by atoms with Crippen molar-refractivity contribution >= 4 is 9.84 Å². The molecule has 0 radical (unpaired) electrons. The molecular formula is C22H31N3O4S. The van der Waals surface area contributed by atoms with Crippen LogP contribution < -0.4 is 9.47 Å². The minimum Gasteiger partial charge on any atom is -0.494 e. The van der Waals surface area contributed by atoms with Crippen molar-refractivity contribution in [1.82, 2.24) is 15.1 Å². The molecule has 7 nitrogen and oxygen atoms in total. The van der Waals surface area contributed by atoms with E-state index >= 15 is 0 Å². The third-order valence-corrected chi connectivity index (χ3v) is 7.99. The largest absolute Gasteiger partial charge is 0.494 e. The van der Waals surface area contributed by atoms with Crippen LogP contribution in [0, 0.1) is 13.8 Å². The highest BCUT2D eigenvalue weighted by Crippen LogP contribution is 2.38. The average Bonchev–Trinajstić information content (AvgIpc) is 3.15. The smallest absolute Gasteiger partial charge is 0.195 e. The number of benzene rings is 1. The lowest BCUT2D eigenvalue weighted by molar-refractivity contribution is 0.0608. The number of nitrogens with zero attached hydrogens (tertiary/aromatic N) is 2. The third kappa shape index (κ3) is 4.34. The molecule has 2 aliphatic rings. The van der Waals surface area contributed by atoms with E-state index in [0.717, 1.165) is 43.6 Å². The molecule has 0 amide bonds. The Morgan fingerprint density at radius 1 is 1.10 bits per heavy atom. The Hall–Kier alpha value is -2.06. The Labute approximate surface area is 178 Å². The molecule has 1 aromatic carbocycles. The first-order chi connectivity index (χ1) is 14.4. The minimum absolute atomic E-state index is 0.0553. The van der Waals surface area contributed by atoms with Gasteiger partial charge in [-0.3, -0.25) is 10.00 Å². The topological polar surface area (TPSA) is 84.5 Å². The van der Waals surface area contributed by atoms with E-state index in [2.05, 4.69) is 22.0 Å². The van der Waals surface area contributed by atoms with Crippen LogP contribution in [0.3, 0.4) is 0 Å². The summed E-state index contributed by atoms with van der Waals surface area (Å²) in [5, 5.41) is 6.85. The Morgan fingerprint density at radius 3 is 2.30 bits per heavy atom. The first-order valence-electron chi connectivity index (χ1n) is 10.8. The Morgan fingerprint density at radius 2 is 1.73 bits per heavy atom. The van der Waals surface area contributed by atoms with E-state index < -0.39 is 9.84 Å². The van der Waals surface area contributed by atoms with E-state index in [4.69, 9.17) is 9.47 Å². The van der Waals surface area contributed by atoms with Crippen molar-refractivity contribution in [2.75, 3.05) is 12.5 Å². The highest BCUT2D eigenvalue weighted by atomic mass is 32.2. The van der Waals surface area contributed by atoms with Crippen molar-refractivity contribution in [3.05, 3.63) is 35.7 Å². The summed E-state index contributed by atoms with van der Waals surface area (Å²) in [4.78, 5) is 2.52. The van der Waals surface area contributed by atoms with E-state index in [9.17, 15) is 8.42 Å². The summed E-state index contributed by atoms with van der Waals surface area (Å²) < 4.78 is 38.0. The van der Waals surface area contributed by atoms with Crippen LogP contribution >= 0.6 is 0 Å². The van der Waals surface area contributed by atoms with Gasteiger partial charge in [-0.15, -0.1) is 0 Å². The molecule has 2 saturated heterocycles. The molecule has 2 unspecified atom stereocenters. The number of aromatic amines is 1. The van der Waals surface area contributed by atoms with E-state index in [1.54, 1.807) is 13.8 Å². The van der Waals surface area contributed by atoms with Crippen LogP contribution in [-0.2, 0) is 9.84 Å². The maximum absolute atomic E-state index is 13.1. The van der Waals surface area contributed by atoms with E-state index in [1.165, 1.54) is 0 Å². The molecule has 30 heavy (non-hydrogen) atoms. The van der Waals surface area contributed by atoms with E-state index in [0.29, 0.717) is 22.9 Å². The summed E-state index contributed by atoms with van der Waals surface area (Å²) in [6.07, 6.45) is 4.84. The third-order valence-electron chi connectivity index (χ3n) is 6.13. The molecule has 0 spiro atoms. The highest BCUT2D eigenvalue weighted by Gasteiger charge is 2.43. The monoisotopic (exact) mass is 433 g/mol. The summed E-state index contributed by atoms with van der Waals surface area (Å²) in [6.45, 7) is 6.30. The van der Waals surface area contributed by atoms with Gasteiger partial charge in [0.05, 0.1) is 18.0 Å². The molecule has 3 atom stereocenters. The van der Waals surface area contributed by atoms with Gasteiger partial charge in [-0.2, -0.15) is 5.10 Å². The van der Waals surface area contributed by atoms with Gasteiger partial charge in [0.1, 0.15) is 28.4 Å². The van der Waals surface area contributed by atoms with E-state index in [1.807, 2.05) is 24.3 Å². The fraction of sp³-hybridized carbons (Fsp3) is 0.591. The number of piperidine rings is 1. The predicted octanol–water partition coefficient (Wildman–Crippen LogP) is 3.62. The molecule has 4 rings (SSSR count). The number of ether oxygens (including phenoxy) is 2. The van der Waals surface area contributed by atoms with Crippen LogP contribution in [0.25, 0.3) is 0 Å². The molecule has 1 N–H and O–H groups in total. The van der Waals surface area contributed by atoms with Crippen molar-refractivity contribution in [3.8, 4) is 11.5 Å². The van der Waals surface area contributed by atoms with Gasteiger partial charge < -0.3 is 9.47 Å². The number of hydrogen-bond donors (Lipinski definition) is 1. The Kier molecular flexibility index (Phi) is 6.06. The average molecular weight is 434 g/mol. The Bertz CT molecular complexity index is 937. The van der Waals surface area contributed by atoms with Crippen LogP contribution in [-0.4, -0.2) is 54.2 Å². The van der Waals surface area contributed by atoms with Gasteiger partial charge in [-0.1, -0.05) is 6.92 Å². The number of sulfone groups is 1. The summed E-state index contributed by atoms with van der Waals surface area (Å²) in [6, 6.07) is 8.27. The van der Waals surface area contributed by atoms with Gasteiger partial charge in [0, 0.05) is 12.1 Å². The van der Waals surface area contributed by atoms with Crippen molar-refractivity contribution in [3.63, 3.8) is 0 Å². The normalized spacial score (nSPS) is 24.2. The number of H-pyrrole nitrogens is 1. The number of nitrogens with one attached hydrogen (secondary N) is 1. The van der Waals surface area contributed by atoms with Crippen molar-refractivity contribution in [2.45, 2.75) is 76.0 Å². The van der Waals surface area contributed by atoms with Gasteiger partial charge in [0.25, 0.3) is 0 Å². The second-order valence-corrected chi connectivity index (χ2v) is 10.3. The molecule has 0 saturated carbocycles. The van der Waals surface area contributed by atoms with Crippen molar-refractivity contribution in [2.24, 2.45) is 0 Å². The molecule has 2 aliphatic heterocycles. The minimum atomic E-state index is -3.42. The van der Waals surface area contributed by atoms with Crippen LogP contribution in [0.1, 0.15) is 50.4 Å². The summed E-state index contributed by atoms with van der Waals surface area (Å²) >= 11 is 0. The van der Waals surface area contributed by atoms with Crippen LogP contribution in [0.4, 0.5) is 0 Å². The molecule has 2 fully saturated rings. The van der Waals surface area contributed by atoms with E-state index in [-0.39, 0.29) is 24.1 Å². The molecule has 2 aromatic rings. The van der Waals surface area contributed by atoms with Gasteiger partial charge in [-0.25, -0.2) is 8.42 Å². The Balaban J connectivity index is 1.39. The second kappa shape index (κ2) is 8.59. The summed E-state index contributed by atoms with van der Waals surface area (Å²) in [7, 11) is -3.42. The maximum Gasteiger partial charge on any atom is 0.195 e. The standard InChI is InChI=1S/C22H31N3O4S/c1-4-11-28-19-7-9-20(10-8-19)29-21-12-17-5-6-18(13-21)25(17)14-30(26,27)22-15(2)23-24-16(22)3/h7-10,17-18,21H,4-6,11-14H2,1-3H3,(H,23,24)/t17-,18?,21?/m1/s1. The summed E-state index contributed by atoms with van der Waals surface area (Å²) in [5.41, 5.74) is 1.16. The fourth-order valence-electron chi connectivity index (χ4n) is 4.82. The van der Waals surface area contributed by atoms with Crippen LogP contribution in [0.5, 0.6) is 11.5 Å². The zero-order valence-electron chi connectivity index (χ0n) is 17.9. The molecule has 1 aromatic heterocycles.